The molecule has 0 atom stereocenters. The quantitative estimate of drug-likeness (QED) is 0.885. The number of imidazole rings is 1. The second kappa shape index (κ2) is 4.12. The molecular weight excluding hydrogens is 238 g/mol. The Morgan fingerprint density at radius 3 is 2.76 bits per heavy atom. The number of aromatic nitrogens is 2. The van der Waals surface area contributed by atoms with E-state index in [0.717, 1.165) is 28.7 Å². The molecule has 1 N–H and O–H groups in total. The molecule has 0 aliphatic carbocycles. The molecule has 0 aliphatic rings. The van der Waals surface area contributed by atoms with E-state index in [1.165, 1.54) is 0 Å². The van der Waals surface area contributed by atoms with E-state index in [-0.39, 0.29) is 0 Å². The number of hydrogen-bond donors (Lipinski definition) is 1. The average Bonchev–Trinajstić information content (AvgIpc) is 2.51. The second-order valence-electron chi connectivity index (χ2n) is 4.13. The molecule has 0 saturated carbocycles. The normalized spacial score (nSPS) is 12.2. The summed E-state index contributed by atoms with van der Waals surface area (Å²) in [4.78, 5) is 4.40. The molecular formula is C11H15N3O2S. The molecule has 0 fully saturated rings. The van der Waals surface area contributed by atoms with Crippen molar-refractivity contribution in [2.75, 3.05) is 6.26 Å². The predicted octanol–water partition coefficient (Wildman–Crippen LogP) is 0.931. The fourth-order valence-electron chi connectivity index (χ4n) is 1.69. The minimum Gasteiger partial charge on any atom is -0.331 e. The molecule has 92 valence electrons. The first kappa shape index (κ1) is 12.1. The number of fused-ring (bicyclic) bond motifs is 1. The number of aryl methyl sites for hydroxylation is 2. The second-order valence-corrected chi connectivity index (χ2v) is 5.97. The van der Waals surface area contributed by atoms with Crippen molar-refractivity contribution >= 4 is 21.1 Å². The Balaban J connectivity index is 2.32. The molecule has 2 rings (SSSR count). The van der Waals surface area contributed by atoms with Crippen LogP contribution in [0.25, 0.3) is 11.0 Å². The van der Waals surface area contributed by atoms with Gasteiger partial charge in [0.2, 0.25) is 10.0 Å². The molecule has 0 radical (unpaired) electrons. The van der Waals surface area contributed by atoms with E-state index in [2.05, 4.69) is 9.71 Å². The van der Waals surface area contributed by atoms with Gasteiger partial charge in [0, 0.05) is 13.6 Å². The molecule has 0 spiro atoms. The minimum absolute atomic E-state index is 0.296. The maximum atomic E-state index is 11.0. The Morgan fingerprint density at radius 2 is 2.12 bits per heavy atom. The average molecular weight is 253 g/mol. The molecule has 0 amide bonds. The van der Waals surface area contributed by atoms with Crippen molar-refractivity contribution in [3.05, 3.63) is 29.6 Å². The number of sulfonamides is 1. The summed E-state index contributed by atoms with van der Waals surface area (Å²) < 4.78 is 26.5. The van der Waals surface area contributed by atoms with Crippen LogP contribution in [-0.2, 0) is 23.6 Å². The summed E-state index contributed by atoms with van der Waals surface area (Å²) in [5.74, 6) is 0.938. The van der Waals surface area contributed by atoms with Gasteiger partial charge in [-0.15, -0.1) is 0 Å². The number of rotatable bonds is 3. The molecule has 0 unspecified atom stereocenters. The number of nitrogens with zero attached hydrogens (tertiary/aromatic N) is 2. The third-order valence-electron chi connectivity index (χ3n) is 2.71. The van der Waals surface area contributed by atoms with Gasteiger partial charge in [-0.3, -0.25) is 0 Å². The molecule has 2 aromatic rings. The molecule has 1 aromatic heterocycles. The van der Waals surface area contributed by atoms with Crippen LogP contribution in [0.5, 0.6) is 0 Å². The lowest BCUT2D eigenvalue weighted by molar-refractivity contribution is 0.587. The van der Waals surface area contributed by atoms with Gasteiger partial charge < -0.3 is 4.57 Å². The zero-order valence-electron chi connectivity index (χ0n) is 10.1. The number of hydrogen-bond acceptors (Lipinski definition) is 3. The fraction of sp³-hybridized carbons (Fsp3) is 0.364. The summed E-state index contributed by atoms with van der Waals surface area (Å²) in [6, 6.07) is 5.76. The van der Waals surface area contributed by atoms with E-state index < -0.39 is 10.0 Å². The molecule has 1 aromatic carbocycles. The van der Waals surface area contributed by atoms with Crippen LogP contribution in [-0.4, -0.2) is 24.2 Å². The fourth-order valence-corrected chi connectivity index (χ4v) is 2.12. The highest BCUT2D eigenvalue weighted by molar-refractivity contribution is 7.88. The minimum atomic E-state index is -3.15. The van der Waals surface area contributed by atoms with E-state index in [0.29, 0.717) is 6.54 Å². The maximum Gasteiger partial charge on any atom is 0.209 e. The van der Waals surface area contributed by atoms with Crippen LogP contribution in [0.2, 0.25) is 0 Å². The third-order valence-corrected chi connectivity index (χ3v) is 3.38. The van der Waals surface area contributed by atoms with Crippen molar-refractivity contribution in [3.8, 4) is 0 Å². The number of nitrogens with one attached hydrogen (secondary N) is 1. The van der Waals surface area contributed by atoms with E-state index in [4.69, 9.17) is 0 Å². The van der Waals surface area contributed by atoms with Gasteiger partial charge in [0.05, 0.1) is 17.3 Å². The van der Waals surface area contributed by atoms with Crippen molar-refractivity contribution < 1.29 is 8.42 Å². The van der Waals surface area contributed by atoms with Crippen LogP contribution < -0.4 is 4.72 Å². The molecule has 0 bridgehead atoms. The van der Waals surface area contributed by atoms with Crippen LogP contribution >= 0.6 is 0 Å². The van der Waals surface area contributed by atoms with Gasteiger partial charge >= 0.3 is 0 Å². The van der Waals surface area contributed by atoms with Crippen molar-refractivity contribution in [2.24, 2.45) is 7.05 Å². The lowest BCUT2D eigenvalue weighted by Crippen LogP contribution is -2.21. The summed E-state index contributed by atoms with van der Waals surface area (Å²) in [6.07, 6.45) is 1.15. The van der Waals surface area contributed by atoms with E-state index >= 15 is 0 Å². The Morgan fingerprint density at radius 1 is 1.41 bits per heavy atom. The van der Waals surface area contributed by atoms with Crippen LogP contribution in [0.15, 0.2) is 18.2 Å². The lowest BCUT2D eigenvalue weighted by Gasteiger charge is -2.02. The molecule has 17 heavy (non-hydrogen) atoms. The Labute approximate surface area is 101 Å². The molecule has 6 heteroatoms. The van der Waals surface area contributed by atoms with E-state index in [1.54, 1.807) is 0 Å². The molecule has 5 nitrogen and oxygen atoms in total. The molecule has 0 aliphatic heterocycles. The van der Waals surface area contributed by atoms with Gasteiger partial charge in [-0.1, -0.05) is 6.07 Å². The summed E-state index contributed by atoms with van der Waals surface area (Å²) >= 11 is 0. The zero-order chi connectivity index (χ0) is 12.6. The summed E-state index contributed by atoms with van der Waals surface area (Å²) in [5, 5.41) is 0. The summed E-state index contributed by atoms with van der Waals surface area (Å²) in [5.41, 5.74) is 2.84. The lowest BCUT2D eigenvalue weighted by atomic mass is 10.2. The van der Waals surface area contributed by atoms with Gasteiger partial charge in [0.1, 0.15) is 5.82 Å². The van der Waals surface area contributed by atoms with Gasteiger partial charge in [-0.2, -0.15) is 0 Å². The SMILES string of the molecule is Cc1nc2cc(CNS(C)(=O)=O)ccc2n1C. The van der Waals surface area contributed by atoms with Gasteiger partial charge in [-0.25, -0.2) is 18.1 Å². The standard InChI is InChI=1S/C11H15N3O2S/c1-8-13-10-6-9(7-12-17(3,15)16)4-5-11(10)14(8)2/h4-6,12H,7H2,1-3H3. The van der Waals surface area contributed by atoms with E-state index in [9.17, 15) is 8.42 Å². The van der Waals surface area contributed by atoms with E-state index in [1.807, 2.05) is 36.7 Å². The Bertz CT molecular complexity index is 659. The first-order chi connectivity index (χ1) is 7.87. The highest BCUT2D eigenvalue weighted by atomic mass is 32.2. The molecule has 0 saturated heterocycles. The van der Waals surface area contributed by atoms with Crippen LogP contribution in [0, 0.1) is 6.92 Å². The number of benzene rings is 1. The highest BCUT2D eigenvalue weighted by Gasteiger charge is 2.06. The highest BCUT2D eigenvalue weighted by Crippen LogP contribution is 2.16. The van der Waals surface area contributed by atoms with Gasteiger partial charge in [0.15, 0.2) is 0 Å². The predicted molar refractivity (Wildman–Crippen MR) is 67.1 cm³/mol. The van der Waals surface area contributed by atoms with Crippen molar-refractivity contribution in [1.82, 2.24) is 14.3 Å². The Hall–Kier alpha value is -1.40. The van der Waals surface area contributed by atoms with Crippen molar-refractivity contribution in [3.63, 3.8) is 0 Å². The van der Waals surface area contributed by atoms with Crippen LogP contribution in [0.3, 0.4) is 0 Å². The smallest absolute Gasteiger partial charge is 0.209 e. The van der Waals surface area contributed by atoms with Gasteiger partial charge in [0.25, 0.3) is 0 Å². The summed E-state index contributed by atoms with van der Waals surface area (Å²) in [7, 11) is -1.20. The molecule has 1 heterocycles. The topological polar surface area (TPSA) is 64.0 Å². The zero-order valence-corrected chi connectivity index (χ0v) is 10.9. The first-order valence-electron chi connectivity index (χ1n) is 5.23. The van der Waals surface area contributed by atoms with Crippen molar-refractivity contribution in [1.29, 1.82) is 0 Å². The maximum absolute atomic E-state index is 11.0. The van der Waals surface area contributed by atoms with Crippen LogP contribution in [0.4, 0.5) is 0 Å². The third kappa shape index (κ3) is 2.65. The largest absolute Gasteiger partial charge is 0.331 e. The monoisotopic (exact) mass is 253 g/mol. The summed E-state index contributed by atoms with van der Waals surface area (Å²) in [6.45, 7) is 2.23. The first-order valence-corrected chi connectivity index (χ1v) is 7.12. The van der Waals surface area contributed by atoms with Crippen LogP contribution in [0.1, 0.15) is 11.4 Å². The Kier molecular flexibility index (Phi) is 2.92. The van der Waals surface area contributed by atoms with Gasteiger partial charge in [-0.05, 0) is 24.6 Å². The van der Waals surface area contributed by atoms with Crippen molar-refractivity contribution in [2.45, 2.75) is 13.5 Å².